The van der Waals surface area contributed by atoms with Crippen molar-refractivity contribution in [2.45, 2.75) is 0 Å². The van der Waals surface area contributed by atoms with Gasteiger partial charge in [0.25, 0.3) is 0 Å². The molecule has 2 rings (SSSR count). The Balaban J connectivity index is 1.90. The zero-order valence-corrected chi connectivity index (χ0v) is 15.3. The van der Waals surface area contributed by atoms with Gasteiger partial charge in [-0.1, -0.05) is 0 Å². The van der Waals surface area contributed by atoms with Crippen molar-refractivity contribution in [1.29, 1.82) is 0 Å². The van der Waals surface area contributed by atoms with Crippen molar-refractivity contribution in [2.75, 3.05) is 66.0 Å². The van der Waals surface area contributed by atoms with E-state index >= 15 is 0 Å². The topological polar surface area (TPSA) is 98.4 Å². The molecule has 0 aliphatic carbocycles. The van der Waals surface area contributed by atoms with Crippen LogP contribution in [0.25, 0.3) is 0 Å². The number of hydrogen-bond donors (Lipinski definition) is 2. The lowest BCUT2D eigenvalue weighted by molar-refractivity contribution is -0.136. The van der Waals surface area contributed by atoms with Crippen molar-refractivity contribution in [3.63, 3.8) is 0 Å². The van der Waals surface area contributed by atoms with Gasteiger partial charge in [0.2, 0.25) is 5.75 Å². The number of ether oxygens (including phenoxy) is 4. The Morgan fingerprint density at radius 2 is 1.65 bits per heavy atom. The SMILES string of the molecule is COc1cc(NC(=O)C(=O)NCCN2CCOCC2)cc(OC)c1OC. The van der Waals surface area contributed by atoms with Crippen molar-refractivity contribution in [1.82, 2.24) is 10.2 Å². The lowest BCUT2D eigenvalue weighted by atomic mass is 10.2. The molecule has 1 heterocycles. The van der Waals surface area contributed by atoms with Gasteiger partial charge in [0.15, 0.2) is 11.5 Å². The van der Waals surface area contributed by atoms with E-state index in [1.165, 1.54) is 21.3 Å². The van der Waals surface area contributed by atoms with Gasteiger partial charge in [-0.15, -0.1) is 0 Å². The number of anilines is 1. The molecule has 1 aromatic rings. The van der Waals surface area contributed by atoms with Gasteiger partial charge < -0.3 is 29.6 Å². The van der Waals surface area contributed by atoms with Crippen LogP contribution in [0.3, 0.4) is 0 Å². The summed E-state index contributed by atoms with van der Waals surface area (Å²) in [5, 5.41) is 5.14. The maximum absolute atomic E-state index is 12.1. The van der Waals surface area contributed by atoms with E-state index in [-0.39, 0.29) is 0 Å². The molecule has 0 radical (unpaired) electrons. The number of nitrogens with one attached hydrogen (secondary N) is 2. The molecule has 1 fully saturated rings. The Labute approximate surface area is 152 Å². The van der Waals surface area contributed by atoms with E-state index in [9.17, 15) is 9.59 Å². The highest BCUT2D eigenvalue weighted by Gasteiger charge is 2.18. The van der Waals surface area contributed by atoms with Gasteiger partial charge in [-0.25, -0.2) is 0 Å². The number of carbonyl (C=O) groups is 2. The zero-order chi connectivity index (χ0) is 18.9. The van der Waals surface area contributed by atoms with E-state index in [1.54, 1.807) is 12.1 Å². The number of rotatable bonds is 7. The predicted molar refractivity (Wildman–Crippen MR) is 95.0 cm³/mol. The van der Waals surface area contributed by atoms with Crippen LogP contribution in [0, 0.1) is 0 Å². The highest BCUT2D eigenvalue weighted by Crippen LogP contribution is 2.39. The Morgan fingerprint density at radius 1 is 1.04 bits per heavy atom. The van der Waals surface area contributed by atoms with Crippen LogP contribution in [-0.4, -0.2) is 77.4 Å². The Morgan fingerprint density at radius 3 is 2.19 bits per heavy atom. The smallest absolute Gasteiger partial charge is 0.313 e. The van der Waals surface area contributed by atoms with Crippen molar-refractivity contribution >= 4 is 17.5 Å². The zero-order valence-electron chi connectivity index (χ0n) is 15.3. The summed E-state index contributed by atoms with van der Waals surface area (Å²) in [6, 6.07) is 3.11. The van der Waals surface area contributed by atoms with Crippen LogP contribution in [0.5, 0.6) is 17.2 Å². The van der Waals surface area contributed by atoms with Crippen LogP contribution in [0.1, 0.15) is 0 Å². The van der Waals surface area contributed by atoms with Crippen molar-refractivity contribution in [3.8, 4) is 17.2 Å². The minimum atomic E-state index is -0.763. The van der Waals surface area contributed by atoms with E-state index in [4.69, 9.17) is 18.9 Å². The van der Waals surface area contributed by atoms with Gasteiger partial charge in [0.1, 0.15) is 0 Å². The van der Waals surface area contributed by atoms with Crippen LogP contribution in [0.4, 0.5) is 5.69 Å². The van der Waals surface area contributed by atoms with Crippen LogP contribution >= 0.6 is 0 Å². The molecule has 1 saturated heterocycles. The monoisotopic (exact) mass is 367 g/mol. The molecule has 2 N–H and O–H groups in total. The summed E-state index contributed by atoms with van der Waals surface area (Å²) in [5.74, 6) is -0.291. The highest BCUT2D eigenvalue weighted by atomic mass is 16.5. The van der Waals surface area contributed by atoms with Gasteiger partial charge >= 0.3 is 11.8 Å². The van der Waals surface area contributed by atoms with Crippen LogP contribution < -0.4 is 24.8 Å². The van der Waals surface area contributed by atoms with Gasteiger partial charge in [0, 0.05) is 44.0 Å². The first kappa shape index (κ1) is 19.8. The van der Waals surface area contributed by atoms with E-state index < -0.39 is 11.8 Å². The number of carbonyl (C=O) groups excluding carboxylic acids is 2. The summed E-state index contributed by atoms with van der Waals surface area (Å²) < 4.78 is 20.9. The van der Waals surface area contributed by atoms with Crippen molar-refractivity contribution < 1.29 is 28.5 Å². The summed E-state index contributed by atoms with van der Waals surface area (Å²) >= 11 is 0. The molecule has 0 spiro atoms. The predicted octanol–water partition coefficient (Wildman–Crippen LogP) is 0.0993. The van der Waals surface area contributed by atoms with Gasteiger partial charge in [-0.3, -0.25) is 14.5 Å². The summed E-state index contributed by atoms with van der Waals surface area (Å²) in [4.78, 5) is 26.2. The van der Waals surface area contributed by atoms with E-state index in [1.807, 2.05) is 0 Å². The quantitative estimate of drug-likeness (QED) is 0.660. The van der Waals surface area contributed by atoms with Crippen molar-refractivity contribution in [2.24, 2.45) is 0 Å². The van der Waals surface area contributed by atoms with Crippen LogP contribution in [0.2, 0.25) is 0 Å². The van der Waals surface area contributed by atoms with Crippen LogP contribution in [-0.2, 0) is 14.3 Å². The highest BCUT2D eigenvalue weighted by molar-refractivity contribution is 6.39. The first-order valence-electron chi connectivity index (χ1n) is 8.28. The second-order valence-corrected chi connectivity index (χ2v) is 5.58. The number of benzene rings is 1. The fourth-order valence-electron chi connectivity index (χ4n) is 2.57. The Kier molecular flexibility index (Phi) is 7.49. The molecule has 0 atom stereocenters. The molecule has 2 amide bonds. The third kappa shape index (κ3) is 5.24. The fraction of sp³-hybridized carbons (Fsp3) is 0.529. The summed E-state index contributed by atoms with van der Waals surface area (Å²) in [6.07, 6.45) is 0. The number of hydrogen-bond acceptors (Lipinski definition) is 7. The van der Waals surface area contributed by atoms with Gasteiger partial charge in [-0.05, 0) is 0 Å². The van der Waals surface area contributed by atoms with E-state index in [0.29, 0.717) is 49.2 Å². The third-order valence-electron chi connectivity index (χ3n) is 3.95. The van der Waals surface area contributed by atoms with Gasteiger partial charge in [-0.2, -0.15) is 0 Å². The standard InChI is InChI=1S/C17H25N3O6/c1-23-13-10-12(11-14(24-2)15(13)25-3)19-17(22)16(21)18-4-5-20-6-8-26-9-7-20/h10-11H,4-9H2,1-3H3,(H,18,21)(H,19,22). The Bertz CT molecular complexity index is 606. The molecule has 9 nitrogen and oxygen atoms in total. The lowest BCUT2D eigenvalue weighted by Crippen LogP contribution is -2.43. The van der Waals surface area contributed by atoms with Gasteiger partial charge in [0.05, 0.1) is 34.5 Å². The Hall–Kier alpha value is -2.52. The summed E-state index contributed by atoms with van der Waals surface area (Å²) in [7, 11) is 4.43. The lowest BCUT2D eigenvalue weighted by Gasteiger charge is -2.26. The fourth-order valence-corrected chi connectivity index (χ4v) is 2.57. The molecule has 1 aliphatic heterocycles. The first-order chi connectivity index (χ1) is 12.6. The molecule has 26 heavy (non-hydrogen) atoms. The molecule has 1 aromatic carbocycles. The minimum absolute atomic E-state index is 0.368. The first-order valence-corrected chi connectivity index (χ1v) is 8.28. The minimum Gasteiger partial charge on any atom is -0.493 e. The summed E-state index contributed by atoms with van der Waals surface area (Å²) in [6.45, 7) is 4.10. The molecular weight excluding hydrogens is 342 g/mol. The normalized spacial score (nSPS) is 14.4. The van der Waals surface area contributed by atoms with Crippen molar-refractivity contribution in [3.05, 3.63) is 12.1 Å². The second kappa shape index (κ2) is 9.83. The molecule has 0 unspecified atom stereocenters. The average Bonchev–Trinajstić information content (AvgIpc) is 2.67. The average molecular weight is 367 g/mol. The molecule has 0 bridgehead atoms. The summed E-state index contributed by atoms with van der Waals surface area (Å²) in [5.41, 5.74) is 0.368. The molecular formula is C17H25N3O6. The number of morpholine rings is 1. The number of nitrogens with zero attached hydrogens (tertiary/aromatic N) is 1. The molecule has 1 aliphatic rings. The maximum Gasteiger partial charge on any atom is 0.313 e. The molecule has 9 heteroatoms. The molecule has 0 aromatic heterocycles. The largest absolute Gasteiger partial charge is 0.493 e. The second-order valence-electron chi connectivity index (χ2n) is 5.58. The molecule has 144 valence electrons. The molecule has 0 saturated carbocycles. The van der Waals surface area contributed by atoms with E-state index in [0.717, 1.165) is 13.1 Å². The van der Waals surface area contributed by atoms with E-state index in [2.05, 4.69) is 15.5 Å². The third-order valence-corrected chi connectivity index (χ3v) is 3.95. The van der Waals surface area contributed by atoms with Crippen LogP contribution in [0.15, 0.2) is 12.1 Å². The number of methoxy groups -OCH3 is 3. The maximum atomic E-state index is 12.1. The number of amides is 2.